The molecule has 0 heterocycles. The van der Waals surface area contributed by atoms with Gasteiger partial charge in [-0.3, -0.25) is 10.1 Å². The van der Waals surface area contributed by atoms with Crippen LogP contribution in [0.3, 0.4) is 0 Å². The highest BCUT2D eigenvalue weighted by Gasteiger charge is 2.18. The predicted molar refractivity (Wildman–Crippen MR) is 149 cm³/mol. The molecule has 3 aromatic carbocycles. The number of aliphatic hydroxyl groups is 1. The molecule has 0 spiro atoms. The maximum Gasteiger partial charge on any atom is 0.407 e. The number of hydrogen-bond acceptors (Lipinski definition) is 7. The van der Waals surface area contributed by atoms with Crippen LogP contribution in [-0.2, 0) is 33.9 Å². The van der Waals surface area contributed by atoms with Crippen LogP contribution in [0.25, 0.3) is 0 Å². The average molecular weight is 535 g/mol. The molecule has 0 saturated carbocycles. The van der Waals surface area contributed by atoms with Gasteiger partial charge < -0.3 is 30.9 Å². The van der Waals surface area contributed by atoms with Crippen molar-refractivity contribution in [2.75, 3.05) is 13.1 Å². The Kier molecular flexibility index (Phi) is 12.9. The van der Waals surface area contributed by atoms with Crippen molar-refractivity contribution in [3.63, 3.8) is 0 Å². The van der Waals surface area contributed by atoms with E-state index in [1.54, 1.807) is 0 Å². The van der Waals surface area contributed by atoms with Gasteiger partial charge in [-0.2, -0.15) is 0 Å². The zero-order valence-electron chi connectivity index (χ0n) is 22.0. The Morgan fingerprint density at radius 3 is 2.00 bits per heavy atom. The van der Waals surface area contributed by atoms with Crippen molar-refractivity contribution in [1.29, 1.82) is 0 Å². The number of nitrogens with one attached hydrogen (secondary N) is 3. The minimum absolute atomic E-state index is 0.155. The van der Waals surface area contributed by atoms with Gasteiger partial charge in [0.05, 0.1) is 18.7 Å². The molecule has 0 fully saturated rings. The van der Waals surface area contributed by atoms with E-state index in [0.29, 0.717) is 25.8 Å². The lowest BCUT2D eigenvalue weighted by Gasteiger charge is -2.21. The Morgan fingerprint density at radius 1 is 0.821 bits per heavy atom. The van der Waals surface area contributed by atoms with Crippen LogP contribution in [0.15, 0.2) is 91.0 Å². The molecule has 3 aromatic rings. The minimum Gasteiger partial charge on any atom is -0.445 e. The molecule has 9 heteroatoms. The quantitative estimate of drug-likeness (QED) is 0.141. The van der Waals surface area contributed by atoms with Gasteiger partial charge in [0.2, 0.25) is 12.3 Å². The zero-order valence-corrected chi connectivity index (χ0v) is 22.0. The number of rotatable bonds is 16. The molecule has 0 aliphatic carbocycles. The predicted octanol–water partition coefficient (Wildman–Crippen LogP) is 2.83. The second-order valence-electron chi connectivity index (χ2n) is 9.19. The first-order valence-electron chi connectivity index (χ1n) is 13.1. The van der Waals surface area contributed by atoms with E-state index in [4.69, 9.17) is 15.2 Å². The van der Waals surface area contributed by atoms with Gasteiger partial charge in [0.15, 0.2) is 0 Å². The van der Waals surface area contributed by atoms with Gasteiger partial charge in [-0.1, -0.05) is 91.0 Å². The van der Waals surface area contributed by atoms with Gasteiger partial charge in [-0.25, -0.2) is 4.79 Å². The molecule has 0 aromatic heterocycles. The second-order valence-corrected chi connectivity index (χ2v) is 9.19. The molecule has 0 aliphatic rings. The summed E-state index contributed by atoms with van der Waals surface area (Å²) in [6.45, 7) is 1.07. The number of carbonyl (C=O) groups excluding carboxylic acids is 2. The minimum atomic E-state index is -1.11. The summed E-state index contributed by atoms with van der Waals surface area (Å²) in [5, 5.41) is 18.5. The van der Waals surface area contributed by atoms with Crippen molar-refractivity contribution >= 4 is 12.0 Å². The Morgan fingerprint density at radius 2 is 1.38 bits per heavy atom. The number of ether oxygens (including phenoxy) is 2. The fraction of sp³-hybridized carbons (Fsp3) is 0.333. The van der Waals surface area contributed by atoms with E-state index in [1.165, 1.54) is 0 Å². The molecule has 6 N–H and O–H groups in total. The fourth-order valence-corrected chi connectivity index (χ4v) is 3.85. The normalized spacial score (nSPS) is 13.2. The lowest BCUT2D eigenvalue weighted by atomic mass is 10.1. The summed E-state index contributed by atoms with van der Waals surface area (Å²) in [5.41, 5.74) is 8.94. The van der Waals surface area contributed by atoms with Gasteiger partial charge in [-0.15, -0.1) is 0 Å². The topological polar surface area (TPSA) is 135 Å². The van der Waals surface area contributed by atoms with Crippen molar-refractivity contribution in [2.24, 2.45) is 5.73 Å². The standard InChI is InChI=1S/C30H38N4O5/c31-27(17-10-18-32-29(36)38-21-24-13-6-2-7-14-24)28(35)33-20-26(19-23-11-4-1-5-12-23)34-30(37)39-22-25-15-8-3-9-16-25/h1-9,11-16,26-27,29,32,36H,10,17-22,31H2,(H,33,35)(H,34,37). The molecule has 2 amide bonds. The molecule has 0 bridgehead atoms. The van der Waals surface area contributed by atoms with Crippen LogP contribution < -0.4 is 21.7 Å². The second kappa shape index (κ2) is 17.0. The van der Waals surface area contributed by atoms with Crippen LogP contribution >= 0.6 is 0 Å². The summed E-state index contributed by atoms with van der Waals surface area (Å²) >= 11 is 0. The largest absolute Gasteiger partial charge is 0.445 e. The summed E-state index contributed by atoms with van der Waals surface area (Å²) in [7, 11) is 0. The summed E-state index contributed by atoms with van der Waals surface area (Å²) in [6, 6.07) is 27.6. The van der Waals surface area contributed by atoms with Crippen LogP contribution in [-0.4, -0.2) is 48.7 Å². The van der Waals surface area contributed by atoms with E-state index >= 15 is 0 Å². The highest BCUT2D eigenvalue weighted by Crippen LogP contribution is 2.06. The highest BCUT2D eigenvalue weighted by molar-refractivity contribution is 5.81. The third kappa shape index (κ3) is 12.1. The first kappa shape index (κ1) is 29.8. The fourth-order valence-electron chi connectivity index (χ4n) is 3.85. The molecule has 3 atom stereocenters. The van der Waals surface area contributed by atoms with Crippen LogP contribution in [0, 0.1) is 0 Å². The van der Waals surface area contributed by atoms with Crippen molar-refractivity contribution in [2.45, 2.75) is 51.0 Å². The number of hydrogen-bond donors (Lipinski definition) is 5. The van der Waals surface area contributed by atoms with Gasteiger partial charge in [0.1, 0.15) is 6.61 Å². The Hall–Kier alpha value is -3.76. The number of aliphatic hydroxyl groups excluding tert-OH is 1. The smallest absolute Gasteiger partial charge is 0.407 e. The summed E-state index contributed by atoms with van der Waals surface area (Å²) in [4.78, 5) is 25.1. The Labute approximate surface area is 229 Å². The Bertz CT molecular complexity index is 1100. The van der Waals surface area contributed by atoms with Crippen molar-refractivity contribution in [1.82, 2.24) is 16.0 Å². The maximum atomic E-state index is 12.6. The lowest BCUT2D eigenvalue weighted by molar-refractivity contribution is -0.128. The molecule has 3 rings (SSSR count). The first-order valence-corrected chi connectivity index (χ1v) is 13.1. The van der Waals surface area contributed by atoms with Gasteiger partial charge in [-0.05, 0) is 42.5 Å². The van der Waals surface area contributed by atoms with Crippen LogP contribution in [0.5, 0.6) is 0 Å². The first-order chi connectivity index (χ1) is 19.0. The maximum absolute atomic E-state index is 12.6. The molecular weight excluding hydrogens is 496 g/mol. The molecule has 0 radical (unpaired) electrons. The third-order valence-electron chi connectivity index (χ3n) is 5.98. The summed E-state index contributed by atoms with van der Waals surface area (Å²) in [6.07, 6.45) is -0.168. The molecular formula is C30H38N4O5. The van der Waals surface area contributed by atoms with E-state index in [-0.39, 0.29) is 31.7 Å². The van der Waals surface area contributed by atoms with Gasteiger partial charge in [0, 0.05) is 6.54 Å². The molecule has 0 aliphatic heterocycles. The van der Waals surface area contributed by atoms with Crippen LogP contribution in [0.1, 0.15) is 29.5 Å². The van der Waals surface area contributed by atoms with E-state index in [9.17, 15) is 14.7 Å². The van der Waals surface area contributed by atoms with E-state index in [2.05, 4.69) is 16.0 Å². The lowest BCUT2D eigenvalue weighted by Crippen LogP contribution is -2.49. The molecule has 0 saturated heterocycles. The summed E-state index contributed by atoms with van der Waals surface area (Å²) < 4.78 is 10.7. The molecule has 9 nitrogen and oxygen atoms in total. The third-order valence-corrected chi connectivity index (χ3v) is 5.98. The van der Waals surface area contributed by atoms with Crippen LogP contribution in [0.4, 0.5) is 4.79 Å². The SMILES string of the molecule is NC(CCCNC(O)OCc1ccccc1)C(=O)NCC(Cc1ccccc1)NC(=O)OCc1ccccc1. The molecule has 3 unspecified atom stereocenters. The Balaban J connectivity index is 1.38. The van der Waals surface area contributed by atoms with Crippen molar-refractivity contribution in [3.8, 4) is 0 Å². The average Bonchev–Trinajstić information content (AvgIpc) is 2.97. The van der Waals surface area contributed by atoms with E-state index < -0.39 is 18.5 Å². The van der Waals surface area contributed by atoms with Crippen molar-refractivity contribution < 1.29 is 24.2 Å². The number of amides is 2. The van der Waals surface area contributed by atoms with E-state index in [0.717, 1.165) is 16.7 Å². The monoisotopic (exact) mass is 534 g/mol. The van der Waals surface area contributed by atoms with Crippen LogP contribution in [0.2, 0.25) is 0 Å². The highest BCUT2D eigenvalue weighted by atomic mass is 16.6. The number of carbonyl (C=O) groups is 2. The van der Waals surface area contributed by atoms with Gasteiger partial charge >= 0.3 is 6.09 Å². The number of alkyl carbamates (subject to hydrolysis) is 1. The summed E-state index contributed by atoms with van der Waals surface area (Å²) in [5.74, 6) is -0.312. The van der Waals surface area contributed by atoms with Gasteiger partial charge in [0.25, 0.3) is 0 Å². The van der Waals surface area contributed by atoms with E-state index in [1.807, 2.05) is 91.0 Å². The zero-order chi connectivity index (χ0) is 27.7. The number of benzene rings is 3. The molecule has 208 valence electrons. The molecule has 39 heavy (non-hydrogen) atoms. The number of nitrogens with two attached hydrogens (primary N) is 1. The van der Waals surface area contributed by atoms with Crippen molar-refractivity contribution in [3.05, 3.63) is 108 Å².